The summed E-state index contributed by atoms with van der Waals surface area (Å²) in [5.41, 5.74) is 2.61. The lowest BCUT2D eigenvalue weighted by atomic mass is 10.1. The van der Waals surface area contributed by atoms with Crippen LogP contribution < -0.4 is 0 Å². The van der Waals surface area contributed by atoms with Crippen LogP contribution in [0.3, 0.4) is 0 Å². The van der Waals surface area contributed by atoms with Crippen LogP contribution in [0.25, 0.3) is 10.8 Å². The van der Waals surface area contributed by atoms with Crippen molar-refractivity contribution >= 4 is 11.3 Å². The lowest BCUT2D eigenvalue weighted by molar-refractivity contribution is 0.217. The van der Waals surface area contributed by atoms with E-state index >= 15 is 0 Å². The van der Waals surface area contributed by atoms with Gasteiger partial charge in [0.25, 0.3) is 5.89 Å². The fourth-order valence-corrected chi connectivity index (χ4v) is 2.93. The van der Waals surface area contributed by atoms with Crippen molar-refractivity contribution in [2.75, 3.05) is 7.05 Å². The first kappa shape index (κ1) is 14.9. The second-order valence-corrected chi connectivity index (χ2v) is 6.39. The molecule has 1 aromatic carbocycles. The Hall–Kier alpha value is -1.98. The number of aromatic nitrogens is 2. The van der Waals surface area contributed by atoms with Crippen LogP contribution in [0.4, 0.5) is 0 Å². The van der Waals surface area contributed by atoms with Crippen LogP contribution in [0.2, 0.25) is 0 Å². The van der Waals surface area contributed by atoms with E-state index in [2.05, 4.69) is 60.3 Å². The van der Waals surface area contributed by atoms with Crippen molar-refractivity contribution in [3.05, 3.63) is 58.8 Å². The fourth-order valence-electron chi connectivity index (χ4n) is 2.28. The van der Waals surface area contributed by atoms with Gasteiger partial charge in [-0.2, -0.15) is 0 Å². The fraction of sp³-hybridized carbons (Fsp3) is 0.294. The largest absolute Gasteiger partial charge is 0.418 e. The van der Waals surface area contributed by atoms with E-state index in [1.807, 2.05) is 17.5 Å². The molecule has 2 heterocycles. The normalized spacial score (nSPS) is 12.7. The summed E-state index contributed by atoms with van der Waals surface area (Å²) in [6.07, 6.45) is 0. The maximum atomic E-state index is 5.83. The Morgan fingerprint density at radius 2 is 2.00 bits per heavy atom. The smallest absolute Gasteiger partial charge is 0.257 e. The van der Waals surface area contributed by atoms with E-state index in [1.165, 1.54) is 11.1 Å². The predicted molar refractivity (Wildman–Crippen MR) is 88.7 cm³/mol. The van der Waals surface area contributed by atoms with Crippen molar-refractivity contribution in [3.63, 3.8) is 0 Å². The van der Waals surface area contributed by atoms with Gasteiger partial charge in [0.15, 0.2) is 0 Å². The third-order valence-electron chi connectivity index (χ3n) is 3.87. The van der Waals surface area contributed by atoms with Crippen LogP contribution in [0, 0.1) is 6.92 Å². The molecule has 0 aliphatic rings. The number of aryl methyl sites for hydroxylation is 1. The van der Waals surface area contributed by atoms with Gasteiger partial charge in [-0.15, -0.1) is 21.5 Å². The van der Waals surface area contributed by atoms with Gasteiger partial charge in [0.05, 0.1) is 10.9 Å². The first-order chi connectivity index (χ1) is 10.6. The summed E-state index contributed by atoms with van der Waals surface area (Å²) >= 11 is 1.60. The Kier molecular flexibility index (Phi) is 4.36. The first-order valence-electron chi connectivity index (χ1n) is 7.27. The number of rotatable bonds is 5. The maximum Gasteiger partial charge on any atom is 0.257 e. The monoisotopic (exact) mass is 313 g/mol. The summed E-state index contributed by atoms with van der Waals surface area (Å²) in [5, 5.41) is 10.4. The summed E-state index contributed by atoms with van der Waals surface area (Å²) in [4.78, 5) is 3.22. The molecule has 1 atom stereocenters. The summed E-state index contributed by atoms with van der Waals surface area (Å²) in [6.45, 7) is 5.07. The van der Waals surface area contributed by atoms with Crippen molar-refractivity contribution in [1.82, 2.24) is 15.1 Å². The van der Waals surface area contributed by atoms with Gasteiger partial charge >= 0.3 is 0 Å². The highest BCUT2D eigenvalue weighted by molar-refractivity contribution is 7.13. The van der Waals surface area contributed by atoms with Gasteiger partial charge in [0.2, 0.25) is 5.89 Å². The van der Waals surface area contributed by atoms with Crippen molar-refractivity contribution < 1.29 is 4.42 Å². The average Bonchev–Trinajstić information content (AvgIpc) is 3.19. The summed E-state index contributed by atoms with van der Waals surface area (Å²) < 4.78 is 5.83. The van der Waals surface area contributed by atoms with Gasteiger partial charge in [0, 0.05) is 6.54 Å². The van der Waals surface area contributed by atoms with Gasteiger partial charge in [0.1, 0.15) is 0 Å². The van der Waals surface area contributed by atoms with Crippen molar-refractivity contribution in [2.24, 2.45) is 0 Å². The molecule has 0 unspecified atom stereocenters. The quantitative estimate of drug-likeness (QED) is 0.704. The van der Waals surface area contributed by atoms with Gasteiger partial charge in [-0.1, -0.05) is 30.3 Å². The zero-order valence-corrected chi connectivity index (χ0v) is 13.8. The van der Waals surface area contributed by atoms with Crippen LogP contribution in [-0.4, -0.2) is 22.1 Å². The molecular formula is C17H19N3OS. The van der Waals surface area contributed by atoms with Gasteiger partial charge < -0.3 is 4.42 Å². The van der Waals surface area contributed by atoms with Gasteiger partial charge in [-0.25, -0.2) is 0 Å². The maximum absolute atomic E-state index is 5.83. The number of thiophene rings is 1. The molecule has 5 heteroatoms. The van der Waals surface area contributed by atoms with Crippen LogP contribution in [0.1, 0.15) is 30.0 Å². The van der Waals surface area contributed by atoms with Gasteiger partial charge in [-0.3, -0.25) is 4.90 Å². The molecule has 114 valence electrons. The molecule has 0 radical (unpaired) electrons. The van der Waals surface area contributed by atoms with E-state index in [-0.39, 0.29) is 6.04 Å². The topological polar surface area (TPSA) is 42.2 Å². The zero-order chi connectivity index (χ0) is 15.5. The van der Waals surface area contributed by atoms with Crippen molar-refractivity contribution in [3.8, 4) is 10.8 Å². The number of benzene rings is 1. The van der Waals surface area contributed by atoms with Crippen LogP contribution in [-0.2, 0) is 6.54 Å². The molecule has 3 rings (SSSR count). The van der Waals surface area contributed by atoms with Crippen LogP contribution in [0.15, 0.2) is 46.2 Å². The van der Waals surface area contributed by atoms with E-state index < -0.39 is 0 Å². The average molecular weight is 313 g/mol. The molecule has 4 nitrogen and oxygen atoms in total. The van der Waals surface area contributed by atoms with Crippen molar-refractivity contribution in [2.45, 2.75) is 26.4 Å². The minimum absolute atomic E-state index is 0.0702. The Bertz CT molecular complexity index is 736. The molecule has 0 saturated heterocycles. The Morgan fingerprint density at radius 1 is 1.18 bits per heavy atom. The van der Waals surface area contributed by atoms with E-state index in [9.17, 15) is 0 Å². The standard InChI is InChI=1S/C17H19N3OS/c1-12-7-4-5-8-14(12)11-20(3)13(2)16-18-19-17(21-16)15-9-6-10-22-15/h4-10,13H,11H2,1-3H3/t13-/m0/s1. The molecular weight excluding hydrogens is 294 g/mol. The minimum Gasteiger partial charge on any atom is -0.418 e. The molecule has 0 fully saturated rings. The molecule has 0 aliphatic carbocycles. The molecule has 0 spiro atoms. The lowest BCUT2D eigenvalue weighted by Crippen LogP contribution is -2.22. The molecule has 3 aromatic rings. The summed E-state index contributed by atoms with van der Waals surface area (Å²) in [7, 11) is 2.08. The molecule has 0 N–H and O–H groups in total. The highest BCUT2D eigenvalue weighted by Crippen LogP contribution is 2.27. The summed E-state index contributed by atoms with van der Waals surface area (Å²) in [6, 6.07) is 12.5. The molecule has 2 aromatic heterocycles. The first-order valence-corrected chi connectivity index (χ1v) is 8.15. The highest BCUT2D eigenvalue weighted by Gasteiger charge is 2.19. The minimum atomic E-state index is 0.0702. The number of hydrogen-bond acceptors (Lipinski definition) is 5. The third kappa shape index (κ3) is 3.10. The molecule has 22 heavy (non-hydrogen) atoms. The second-order valence-electron chi connectivity index (χ2n) is 5.44. The Balaban J connectivity index is 1.73. The Morgan fingerprint density at radius 3 is 2.73 bits per heavy atom. The highest BCUT2D eigenvalue weighted by atomic mass is 32.1. The summed E-state index contributed by atoms with van der Waals surface area (Å²) in [5.74, 6) is 1.25. The predicted octanol–water partition coefficient (Wildman–Crippen LogP) is 4.30. The van der Waals surface area contributed by atoms with Crippen LogP contribution in [0.5, 0.6) is 0 Å². The third-order valence-corrected chi connectivity index (χ3v) is 4.73. The van der Waals surface area contributed by atoms with E-state index in [0.717, 1.165) is 11.4 Å². The zero-order valence-electron chi connectivity index (χ0n) is 13.0. The van der Waals surface area contributed by atoms with E-state index in [4.69, 9.17) is 4.42 Å². The Labute approximate surface area is 134 Å². The number of hydrogen-bond donors (Lipinski definition) is 0. The van der Waals surface area contributed by atoms with Crippen molar-refractivity contribution in [1.29, 1.82) is 0 Å². The van der Waals surface area contributed by atoms with E-state index in [1.54, 1.807) is 11.3 Å². The number of nitrogens with zero attached hydrogens (tertiary/aromatic N) is 3. The molecule has 0 amide bonds. The van der Waals surface area contributed by atoms with Crippen LogP contribution >= 0.6 is 11.3 Å². The molecule has 0 saturated carbocycles. The SMILES string of the molecule is Cc1ccccc1CN(C)[C@@H](C)c1nnc(-c2cccs2)o1. The second kappa shape index (κ2) is 6.42. The molecule has 0 aliphatic heterocycles. The molecule has 0 bridgehead atoms. The van der Waals surface area contributed by atoms with E-state index in [0.29, 0.717) is 11.8 Å². The lowest BCUT2D eigenvalue weighted by Gasteiger charge is -2.22. The van der Waals surface area contributed by atoms with Gasteiger partial charge in [-0.05, 0) is 43.5 Å².